The van der Waals surface area contributed by atoms with Crippen LogP contribution in [0, 0.1) is 13.8 Å². The van der Waals surface area contributed by atoms with Crippen LogP contribution < -0.4 is 5.56 Å². The zero-order valence-electron chi connectivity index (χ0n) is 22.0. The van der Waals surface area contributed by atoms with E-state index in [1.807, 2.05) is 29.8 Å². The van der Waals surface area contributed by atoms with Crippen molar-refractivity contribution in [2.75, 3.05) is 13.2 Å². The Kier molecular flexibility index (Phi) is 7.76. The van der Waals surface area contributed by atoms with Gasteiger partial charge in [-0.3, -0.25) is 9.69 Å². The number of hydrogen-bond acceptors (Lipinski definition) is 6. The van der Waals surface area contributed by atoms with Crippen molar-refractivity contribution < 1.29 is 4.74 Å². The minimum atomic E-state index is -0.0449. The van der Waals surface area contributed by atoms with Crippen molar-refractivity contribution in [1.82, 2.24) is 30.1 Å². The molecule has 2 aromatic heterocycles. The first-order valence-corrected chi connectivity index (χ1v) is 13.3. The normalized spacial score (nSPS) is 16.6. The molecule has 1 fully saturated rings. The molecule has 1 aliphatic heterocycles. The summed E-state index contributed by atoms with van der Waals surface area (Å²) in [5.41, 5.74) is 5.26. The van der Waals surface area contributed by atoms with Crippen LogP contribution in [0.25, 0.3) is 10.9 Å². The highest BCUT2D eigenvalue weighted by Crippen LogP contribution is 2.26. The molecular formula is C29H36N6O2. The van der Waals surface area contributed by atoms with Crippen LogP contribution in [0.2, 0.25) is 0 Å². The maximum absolute atomic E-state index is 13.2. The fourth-order valence-corrected chi connectivity index (χ4v) is 5.43. The second kappa shape index (κ2) is 11.4. The number of ether oxygens (including phenoxy) is 1. The van der Waals surface area contributed by atoms with Crippen molar-refractivity contribution in [3.8, 4) is 0 Å². The van der Waals surface area contributed by atoms with Gasteiger partial charge in [-0.1, -0.05) is 49.4 Å². The van der Waals surface area contributed by atoms with Crippen molar-refractivity contribution in [2.24, 2.45) is 0 Å². The van der Waals surface area contributed by atoms with Crippen LogP contribution in [0.3, 0.4) is 0 Å². The van der Waals surface area contributed by atoms with Gasteiger partial charge in [-0.05, 0) is 78.1 Å². The number of para-hydroxylation sites is 1. The second-order valence-electron chi connectivity index (χ2n) is 10.1. The molecule has 0 radical (unpaired) electrons. The predicted molar refractivity (Wildman–Crippen MR) is 144 cm³/mol. The fraction of sp³-hybridized carbons (Fsp3) is 0.448. The van der Waals surface area contributed by atoms with Gasteiger partial charge in [-0.2, -0.15) is 0 Å². The molecule has 0 aliphatic carbocycles. The minimum absolute atomic E-state index is 0.0342. The summed E-state index contributed by atoms with van der Waals surface area (Å²) in [5.74, 6) is 0.829. The van der Waals surface area contributed by atoms with Crippen LogP contribution in [0.5, 0.6) is 0 Å². The Bertz CT molecular complexity index is 1410. The van der Waals surface area contributed by atoms with E-state index in [4.69, 9.17) is 4.74 Å². The topological polar surface area (TPSA) is 88.9 Å². The number of aromatic amines is 1. The third-order valence-electron chi connectivity index (χ3n) is 7.55. The maximum atomic E-state index is 13.2. The number of aromatic nitrogens is 5. The van der Waals surface area contributed by atoms with Gasteiger partial charge in [-0.15, -0.1) is 5.10 Å². The van der Waals surface area contributed by atoms with Crippen molar-refractivity contribution in [2.45, 2.75) is 71.7 Å². The van der Waals surface area contributed by atoms with Gasteiger partial charge < -0.3 is 9.72 Å². The molecule has 194 valence electrons. The summed E-state index contributed by atoms with van der Waals surface area (Å²) in [6.45, 7) is 9.07. The number of fused-ring (bicyclic) bond motifs is 1. The molecule has 0 bridgehead atoms. The van der Waals surface area contributed by atoms with E-state index in [-0.39, 0.29) is 17.7 Å². The van der Waals surface area contributed by atoms with Crippen LogP contribution in [0.4, 0.5) is 0 Å². The molecule has 4 aromatic rings. The van der Waals surface area contributed by atoms with Gasteiger partial charge in [0.2, 0.25) is 0 Å². The van der Waals surface area contributed by atoms with Crippen molar-refractivity contribution in [1.29, 1.82) is 0 Å². The van der Waals surface area contributed by atoms with Gasteiger partial charge in [-0.25, -0.2) is 4.68 Å². The van der Waals surface area contributed by atoms with Gasteiger partial charge in [0, 0.05) is 25.3 Å². The molecule has 5 rings (SSSR count). The zero-order valence-corrected chi connectivity index (χ0v) is 22.0. The third-order valence-corrected chi connectivity index (χ3v) is 7.55. The predicted octanol–water partition coefficient (Wildman–Crippen LogP) is 4.51. The fourth-order valence-electron chi connectivity index (χ4n) is 5.43. The summed E-state index contributed by atoms with van der Waals surface area (Å²) in [6, 6.07) is 16.6. The molecule has 8 heteroatoms. The smallest absolute Gasteiger partial charge is 0.252 e. The van der Waals surface area contributed by atoms with Gasteiger partial charge >= 0.3 is 0 Å². The molecule has 1 saturated heterocycles. The van der Waals surface area contributed by atoms with Crippen LogP contribution in [0.15, 0.2) is 53.3 Å². The van der Waals surface area contributed by atoms with Gasteiger partial charge in [0.15, 0.2) is 5.82 Å². The zero-order chi connectivity index (χ0) is 25.8. The highest BCUT2D eigenvalue weighted by Gasteiger charge is 2.27. The Labute approximate surface area is 217 Å². The lowest BCUT2D eigenvalue weighted by Crippen LogP contribution is -2.35. The summed E-state index contributed by atoms with van der Waals surface area (Å²) >= 11 is 0. The van der Waals surface area contributed by atoms with Crippen molar-refractivity contribution in [3.05, 3.63) is 87.0 Å². The first kappa shape index (κ1) is 25.3. The molecule has 1 N–H and O–H groups in total. The van der Waals surface area contributed by atoms with Crippen molar-refractivity contribution in [3.63, 3.8) is 0 Å². The number of hydrogen-bond donors (Lipinski definition) is 1. The number of aryl methyl sites for hydroxylation is 2. The molecule has 3 heterocycles. The van der Waals surface area contributed by atoms with E-state index in [0.717, 1.165) is 66.7 Å². The second-order valence-corrected chi connectivity index (χ2v) is 10.1. The van der Waals surface area contributed by atoms with Gasteiger partial charge in [0.1, 0.15) is 0 Å². The number of H-pyrrole nitrogens is 1. The average Bonchev–Trinajstić information content (AvgIpc) is 3.58. The van der Waals surface area contributed by atoms with E-state index in [2.05, 4.69) is 69.6 Å². The molecule has 37 heavy (non-hydrogen) atoms. The summed E-state index contributed by atoms with van der Waals surface area (Å²) < 4.78 is 7.76. The summed E-state index contributed by atoms with van der Waals surface area (Å²) in [5, 5.41) is 13.9. The van der Waals surface area contributed by atoms with E-state index in [9.17, 15) is 4.79 Å². The van der Waals surface area contributed by atoms with E-state index in [0.29, 0.717) is 13.1 Å². The molecule has 1 aliphatic rings. The number of pyridine rings is 1. The average molecular weight is 501 g/mol. The van der Waals surface area contributed by atoms with Crippen LogP contribution in [-0.4, -0.2) is 49.3 Å². The standard InChI is InChI=1S/C29H36N6O2/c1-4-26(28-31-32-33-35(28)19-25-13-8-16-37-25)34(15-14-22-11-6-5-9-20(22)2)18-24-17-23-12-7-10-21(3)27(23)30-29(24)36/h5-7,9-12,17,25-26H,4,8,13-16,18-19H2,1-3H3,(H,30,36)/t25-,26+/m1/s1. The minimum Gasteiger partial charge on any atom is -0.376 e. The first-order valence-electron chi connectivity index (χ1n) is 13.3. The van der Waals surface area contributed by atoms with E-state index < -0.39 is 0 Å². The number of nitrogens with one attached hydrogen (secondary N) is 1. The first-order chi connectivity index (χ1) is 18.0. The lowest BCUT2D eigenvalue weighted by molar-refractivity contribution is 0.0893. The van der Waals surface area contributed by atoms with E-state index >= 15 is 0 Å². The Hall–Kier alpha value is -3.36. The van der Waals surface area contributed by atoms with E-state index in [1.165, 1.54) is 11.1 Å². The van der Waals surface area contributed by atoms with E-state index in [1.54, 1.807) is 0 Å². The lowest BCUT2D eigenvalue weighted by Gasteiger charge is -2.30. The van der Waals surface area contributed by atoms with Crippen LogP contribution >= 0.6 is 0 Å². The molecule has 2 atom stereocenters. The Morgan fingerprint density at radius 2 is 1.97 bits per heavy atom. The molecular weight excluding hydrogens is 464 g/mol. The lowest BCUT2D eigenvalue weighted by atomic mass is 10.0. The molecule has 0 spiro atoms. The summed E-state index contributed by atoms with van der Waals surface area (Å²) in [7, 11) is 0. The summed E-state index contributed by atoms with van der Waals surface area (Å²) in [6.07, 6.45) is 3.95. The van der Waals surface area contributed by atoms with Crippen LogP contribution in [-0.2, 0) is 24.2 Å². The Morgan fingerprint density at radius 1 is 1.14 bits per heavy atom. The molecule has 8 nitrogen and oxygen atoms in total. The summed E-state index contributed by atoms with van der Waals surface area (Å²) in [4.78, 5) is 18.7. The Balaban J connectivity index is 1.47. The molecule has 0 unspecified atom stereocenters. The molecule has 0 amide bonds. The quantitative estimate of drug-likeness (QED) is 0.345. The largest absolute Gasteiger partial charge is 0.376 e. The van der Waals surface area contributed by atoms with Gasteiger partial charge in [0.05, 0.1) is 24.2 Å². The number of tetrazole rings is 1. The molecule has 2 aromatic carbocycles. The number of rotatable bonds is 10. The van der Waals surface area contributed by atoms with Gasteiger partial charge in [0.25, 0.3) is 5.56 Å². The van der Waals surface area contributed by atoms with Crippen LogP contribution in [0.1, 0.15) is 60.3 Å². The number of benzene rings is 2. The number of nitrogens with zero attached hydrogens (tertiary/aromatic N) is 5. The third kappa shape index (κ3) is 5.65. The van der Waals surface area contributed by atoms with Crippen molar-refractivity contribution >= 4 is 10.9 Å². The SMILES string of the molecule is CC[C@@H](c1nnnn1C[C@H]1CCCO1)N(CCc1ccccc1C)Cc1cc2cccc(C)c2[nH]c1=O. The Morgan fingerprint density at radius 3 is 2.76 bits per heavy atom. The molecule has 0 saturated carbocycles. The monoisotopic (exact) mass is 500 g/mol. The highest BCUT2D eigenvalue weighted by atomic mass is 16.5. The maximum Gasteiger partial charge on any atom is 0.252 e. The highest BCUT2D eigenvalue weighted by molar-refractivity contribution is 5.81.